The second-order valence-corrected chi connectivity index (χ2v) is 9.42. The number of methoxy groups -OCH3 is 1. The predicted octanol–water partition coefficient (Wildman–Crippen LogP) is 4.94. The molecule has 1 amide bonds. The van der Waals surface area contributed by atoms with Crippen molar-refractivity contribution >= 4 is 23.2 Å². The lowest BCUT2D eigenvalue weighted by Gasteiger charge is -2.39. The lowest BCUT2D eigenvalue weighted by molar-refractivity contribution is -0.118. The Hall–Kier alpha value is -3.94. The van der Waals surface area contributed by atoms with Crippen LogP contribution in [0.3, 0.4) is 0 Å². The first-order valence-corrected chi connectivity index (χ1v) is 11.1. The van der Waals surface area contributed by atoms with Crippen LogP contribution in [0.15, 0.2) is 66.0 Å². The van der Waals surface area contributed by atoms with Gasteiger partial charge in [0.1, 0.15) is 29.0 Å². The molecule has 0 saturated carbocycles. The second kappa shape index (κ2) is 8.13. The third-order valence-electron chi connectivity index (χ3n) is 6.28. The molecule has 34 heavy (non-hydrogen) atoms. The molecular weight excluding hydrogens is 435 g/mol. The number of hydrogen-bond donors (Lipinski definition) is 2. The normalized spacial score (nSPS) is 18.6. The van der Waals surface area contributed by atoms with Gasteiger partial charge in [0.2, 0.25) is 0 Å². The Bertz CT molecular complexity index is 1320. The van der Waals surface area contributed by atoms with Gasteiger partial charge in [0.15, 0.2) is 5.78 Å². The number of carbonyl (C=O) groups excluding carboxylic acids is 2. The fourth-order valence-electron chi connectivity index (χ4n) is 4.79. The molecule has 0 unspecified atom stereocenters. The highest BCUT2D eigenvalue weighted by atomic mass is 19.1. The summed E-state index contributed by atoms with van der Waals surface area (Å²) in [4.78, 5) is 26.5. The molecule has 1 aliphatic heterocycles. The van der Waals surface area contributed by atoms with Crippen LogP contribution in [0, 0.1) is 11.2 Å². The number of nitrogens with one attached hydrogen (secondary N) is 2. The SMILES string of the molecule is COc1ccccc1[C@@H]1C2=C(CC(C)(C)CC2=O)Nc2c(C(=O)Nc3ccc(F)cc3)cnn21. The molecule has 0 bridgehead atoms. The van der Waals surface area contributed by atoms with Crippen molar-refractivity contribution in [1.82, 2.24) is 9.78 Å². The quantitative estimate of drug-likeness (QED) is 0.576. The molecule has 0 fully saturated rings. The van der Waals surface area contributed by atoms with Crippen molar-refractivity contribution in [2.45, 2.75) is 32.7 Å². The molecule has 0 radical (unpaired) electrons. The first-order chi connectivity index (χ1) is 16.3. The van der Waals surface area contributed by atoms with E-state index in [-0.39, 0.29) is 22.9 Å². The van der Waals surface area contributed by atoms with Crippen molar-refractivity contribution in [3.63, 3.8) is 0 Å². The minimum atomic E-state index is -0.529. The Morgan fingerprint density at radius 2 is 1.91 bits per heavy atom. The van der Waals surface area contributed by atoms with Gasteiger partial charge in [-0.15, -0.1) is 0 Å². The molecule has 1 aliphatic carbocycles. The first kappa shape index (κ1) is 21.9. The number of carbonyl (C=O) groups is 2. The third-order valence-corrected chi connectivity index (χ3v) is 6.28. The van der Waals surface area contributed by atoms with Crippen molar-refractivity contribution in [1.29, 1.82) is 0 Å². The molecule has 174 valence electrons. The number of fused-ring (bicyclic) bond motifs is 1. The molecule has 8 heteroatoms. The molecule has 5 rings (SSSR count). The zero-order valence-electron chi connectivity index (χ0n) is 19.2. The van der Waals surface area contributed by atoms with Gasteiger partial charge in [0.25, 0.3) is 5.91 Å². The summed E-state index contributed by atoms with van der Waals surface area (Å²) in [6.45, 7) is 4.12. The zero-order chi connectivity index (χ0) is 24.0. The van der Waals surface area contributed by atoms with Crippen molar-refractivity contribution in [2.24, 2.45) is 5.41 Å². The highest BCUT2D eigenvalue weighted by Crippen LogP contribution is 2.47. The molecular formula is C26H25FN4O3. The maximum Gasteiger partial charge on any atom is 0.261 e. The predicted molar refractivity (Wildman–Crippen MR) is 126 cm³/mol. The van der Waals surface area contributed by atoms with Crippen molar-refractivity contribution < 1.29 is 18.7 Å². The number of rotatable bonds is 4. The van der Waals surface area contributed by atoms with Crippen LogP contribution in [0.2, 0.25) is 0 Å². The summed E-state index contributed by atoms with van der Waals surface area (Å²) in [5.41, 5.74) is 2.81. The van der Waals surface area contributed by atoms with Crippen molar-refractivity contribution in [2.75, 3.05) is 17.7 Å². The number of para-hydroxylation sites is 1. The standard InChI is InChI=1S/C26H25FN4O3/c1-26(2)12-19-22(20(32)13-26)23(17-6-4-5-7-21(17)34-3)31-24(30-19)18(14-28-31)25(33)29-16-10-8-15(27)9-11-16/h4-11,14,23,30H,12-13H2,1-3H3,(H,29,33)/t23-/m1/s1. The molecule has 7 nitrogen and oxygen atoms in total. The largest absolute Gasteiger partial charge is 0.496 e. The van der Waals surface area contributed by atoms with E-state index in [9.17, 15) is 14.0 Å². The van der Waals surface area contributed by atoms with E-state index in [1.807, 2.05) is 24.3 Å². The summed E-state index contributed by atoms with van der Waals surface area (Å²) >= 11 is 0. The Morgan fingerprint density at radius 1 is 1.18 bits per heavy atom. The lowest BCUT2D eigenvalue weighted by atomic mass is 9.73. The molecule has 2 heterocycles. The molecule has 0 saturated heterocycles. The van der Waals surface area contributed by atoms with E-state index in [1.54, 1.807) is 11.8 Å². The topological polar surface area (TPSA) is 85.2 Å². The van der Waals surface area contributed by atoms with E-state index in [0.29, 0.717) is 41.2 Å². The molecule has 1 atom stereocenters. The lowest BCUT2D eigenvalue weighted by Crippen LogP contribution is -2.37. The maximum absolute atomic E-state index is 13.4. The average molecular weight is 461 g/mol. The van der Waals surface area contributed by atoms with Gasteiger partial charge in [-0.05, 0) is 42.2 Å². The summed E-state index contributed by atoms with van der Waals surface area (Å²) in [5.74, 6) is 0.418. The van der Waals surface area contributed by atoms with E-state index in [0.717, 1.165) is 11.3 Å². The van der Waals surface area contributed by atoms with E-state index < -0.39 is 6.04 Å². The van der Waals surface area contributed by atoms with Gasteiger partial charge in [-0.1, -0.05) is 32.0 Å². The van der Waals surface area contributed by atoms with Gasteiger partial charge < -0.3 is 15.4 Å². The number of halogens is 1. The van der Waals surface area contributed by atoms with Crippen LogP contribution in [0.25, 0.3) is 0 Å². The number of ether oxygens (including phenoxy) is 1. The molecule has 2 aliphatic rings. The monoisotopic (exact) mass is 460 g/mol. The number of allylic oxidation sites excluding steroid dienone is 2. The van der Waals surface area contributed by atoms with Gasteiger partial charge in [0, 0.05) is 28.9 Å². The Balaban J connectivity index is 1.61. The van der Waals surface area contributed by atoms with Gasteiger partial charge in [-0.2, -0.15) is 5.10 Å². The summed E-state index contributed by atoms with van der Waals surface area (Å²) in [6.07, 6.45) is 2.56. The van der Waals surface area contributed by atoms with E-state index in [2.05, 4.69) is 29.6 Å². The molecule has 2 N–H and O–H groups in total. The first-order valence-electron chi connectivity index (χ1n) is 11.1. The summed E-state index contributed by atoms with van der Waals surface area (Å²) in [7, 11) is 1.59. The molecule has 2 aromatic carbocycles. The Morgan fingerprint density at radius 3 is 2.65 bits per heavy atom. The summed E-state index contributed by atoms with van der Waals surface area (Å²) in [6, 6.07) is 12.6. The van der Waals surface area contributed by atoms with Crippen molar-refractivity contribution in [3.8, 4) is 5.75 Å². The zero-order valence-corrected chi connectivity index (χ0v) is 19.2. The van der Waals surface area contributed by atoms with Gasteiger partial charge in [0.05, 0.1) is 13.3 Å². The van der Waals surface area contributed by atoms with Crippen LogP contribution >= 0.6 is 0 Å². The summed E-state index contributed by atoms with van der Waals surface area (Å²) < 4.78 is 20.5. The number of Topliss-reactive ketones (excluding diaryl/α,β-unsaturated/α-hetero) is 1. The number of nitrogens with zero attached hydrogens (tertiary/aromatic N) is 2. The van der Waals surface area contributed by atoms with Gasteiger partial charge in [-0.25, -0.2) is 9.07 Å². The highest BCUT2D eigenvalue weighted by Gasteiger charge is 2.43. The van der Waals surface area contributed by atoms with E-state index >= 15 is 0 Å². The minimum absolute atomic E-state index is 0.0492. The smallest absolute Gasteiger partial charge is 0.261 e. The van der Waals surface area contributed by atoms with Crippen LogP contribution in [0.1, 0.15) is 48.7 Å². The number of hydrogen-bond acceptors (Lipinski definition) is 5. The second-order valence-electron chi connectivity index (χ2n) is 9.42. The Kier molecular flexibility index (Phi) is 5.23. The van der Waals surface area contributed by atoms with Crippen LogP contribution in [-0.2, 0) is 4.79 Å². The molecule has 3 aromatic rings. The van der Waals surface area contributed by atoms with Gasteiger partial charge >= 0.3 is 0 Å². The fourth-order valence-corrected chi connectivity index (χ4v) is 4.79. The Labute approximate surface area is 196 Å². The van der Waals surface area contributed by atoms with Crippen LogP contribution in [-0.4, -0.2) is 28.6 Å². The fraction of sp³-hybridized carbons (Fsp3) is 0.269. The minimum Gasteiger partial charge on any atom is -0.496 e. The van der Waals surface area contributed by atoms with Crippen LogP contribution < -0.4 is 15.4 Å². The van der Waals surface area contributed by atoms with Gasteiger partial charge in [-0.3, -0.25) is 9.59 Å². The van der Waals surface area contributed by atoms with Crippen LogP contribution in [0.5, 0.6) is 5.75 Å². The molecule has 0 spiro atoms. The van der Waals surface area contributed by atoms with E-state index in [1.165, 1.54) is 30.5 Å². The third kappa shape index (κ3) is 3.75. The number of amides is 1. The number of benzene rings is 2. The maximum atomic E-state index is 13.4. The number of ketones is 1. The van der Waals surface area contributed by atoms with E-state index in [4.69, 9.17) is 4.74 Å². The summed E-state index contributed by atoms with van der Waals surface area (Å²) in [5, 5.41) is 10.7. The van der Waals surface area contributed by atoms with Crippen molar-refractivity contribution in [3.05, 3.63) is 82.9 Å². The average Bonchev–Trinajstić information content (AvgIpc) is 3.22. The van der Waals surface area contributed by atoms with Crippen LogP contribution in [0.4, 0.5) is 15.9 Å². The number of anilines is 2. The number of aromatic nitrogens is 2. The molecule has 1 aromatic heterocycles. The highest BCUT2D eigenvalue weighted by molar-refractivity contribution is 6.08.